The maximum Gasteiger partial charge on any atom is 1.00 e. The van der Waals surface area contributed by atoms with Crippen LogP contribution in [0.1, 0.15) is 7.85 Å². The number of rotatable bonds is 4. The second kappa shape index (κ2) is 7.36. The predicted octanol–water partition coefficient (Wildman–Crippen LogP) is -3.44. The van der Waals surface area contributed by atoms with Crippen LogP contribution in [0.2, 0.25) is 0 Å². The van der Waals surface area contributed by atoms with Crippen LogP contribution in [0.5, 0.6) is 0 Å². The Hall–Kier alpha value is 1.71. The van der Waals surface area contributed by atoms with Crippen molar-refractivity contribution >= 4 is 7.82 Å². The Labute approximate surface area is 103 Å². The van der Waals surface area contributed by atoms with Gasteiger partial charge in [0.05, 0.1) is 6.61 Å². The summed E-state index contributed by atoms with van der Waals surface area (Å²) in [5, 5.41) is 0. The Bertz CT molecular complexity index is 120. The summed E-state index contributed by atoms with van der Waals surface area (Å²) in [6.07, 6.45) is 0.463. The summed E-state index contributed by atoms with van der Waals surface area (Å²) in [5.74, 6) is 0. The molecule has 0 rings (SSSR count). The quantitative estimate of drug-likeness (QED) is 0.246. The van der Waals surface area contributed by atoms with Gasteiger partial charge in [-0.3, -0.25) is 4.52 Å². The zero-order chi connectivity index (χ0) is 7.33. The molecule has 0 fully saturated rings. The van der Waals surface area contributed by atoms with Crippen LogP contribution >= 0.6 is 7.82 Å². The van der Waals surface area contributed by atoms with Crippen LogP contribution in [0.4, 0.5) is 0 Å². The van der Waals surface area contributed by atoms with E-state index < -0.39 is 7.82 Å². The van der Waals surface area contributed by atoms with E-state index in [1.165, 1.54) is 0 Å². The van der Waals surface area contributed by atoms with Crippen LogP contribution in [-0.4, -0.2) is 22.9 Å². The Morgan fingerprint density at radius 1 is 1.60 bits per heavy atom. The number of phosphoric acid groups is 1. The second-order valence-corrected chi connectivity index (χ2v) is 2.71. The number of hydrogen-bond donors (Lipinski definition) is 3. The van der Waals surface area contributed by atoms with Crippen molar-refractivity contribution in [3.05, 3.63) is 0 Å². The fourth-order valence-electron chi connectivity index (χ4n) is 0.267. The van der Waals surface area contributed by atoms with E-state index in [4.69, 9.17) is 15.5 Å². The van der Waals surface area contributed by atoms with Crippen molar-refractivity contribution in [2.75, 3.05) is 13.2 Å². The van der Waals surface area contributed by atoms with Gasteiger partial charge < -0.3 is 16.9 Å². The summed E-state index contributed by atoms with van der Waals surface area (Å²) < 4.78 is 14.0. The van der Waals surface area contributed by atoms with Crippen LogP contribution in [-0.2, 0) is 9.09 Å². The molecular weight excluding hydrogens is 184 g/mol. The zero-order valence-corrected chi connectivity index (χ0v) is 9.87. The molecule has 0 aliphatic heterocycles. The van der Waals surface area contributed by atoms with Gasteiger partial charge in [0.1, 0.15) is 0 Å². The first kappa shape index (κ1) is 14.2. The van der Waals surface area contributed by atoms with Gasteiger partial charge in [-0.25, -0.2) is 4.57 Å². The standard InChI is InChI=1S/C3H10NO4P.K.H/c4-2-1-3-8-9(5,6)7;;/h1-4H2,(H2,5,6,7);;/q;+1;-1. The molecule has 0 aliphatic carbocycles. The third kappa shape index (κ3) is 12.4. The first-order valence-corrected chi connectivity index (χ1v) is 3.99. The van der Waals surface area contributed by atoms with Gasteiger partial charge in [0.2, 0.25) is 0 Å². The minimum absolute atomic E-state index is 0. The summed E-state index contributed by atoms with van der Waals surface area (Å²) in [4.78, 5) is 16.2. The Morgan fingerprint density at radius 2 is 2.10 bits per heavy atom. The predicted molar refractivity (Wildman–Crippen MR) is 32.8 cm³/mol. The molecule has 0 unspecified atom stereocenters. The van der Waals surface area contributed by atoms with Crippen molar-refractivity contribution in [2.45, 2.75) is 6.42 Å². The normalized spacial score (nSPS) is 10.7. The Morgan fingerprint density at radius 3 is 2.40 bits per heavy atom. The molecule has 0 aliphatic rings. The van der Waals surface area contributed by atoms with Gasteiger partial charge in [-0.2, -0.15) is 0 Å². The fraction of sp³-hybridized carbons (Fsp3) is 1.00. The molecule has 0 radical (unpaired) electrons. The molecule has 0 spiro atoms. The molecule has 4 N–H and O–H groups in total. The molecule has 7 heteroatoms. The molecule has 10 heavy (non-hydrogen) atoms. The molecule has 58 valence electrons. The van der Waals surface area contributed by atoms with Crippen molar-refractivity contribution < 1.29 is 71.7 Å². The average molecular weight is 195 g/mol. The first-order valence-electron chi connectivity index (χ1n) is 2.46. The molecule has 0 saturated heterocycles. The van der Waals surface area contributed by atoms with E-state index in [9.17, 15) is 4.57 Å². The van der Waals surface area contributed by atoms with Gasteiger partial charge in [-0.15, -0.1) is 0 Å². The summed E-state index contributed by atoms with van der Waals surface area (Å²) in [7, 11) is -4.25. The molecule has 0 heterocycles. The van der Waals surface area contributed by atoms with E-state index in [1.807, 2.05) is 0 Å². The van der Waals surface area contributed by atoms with Crippen molar-refractivity contribution in [3.8, 4) is 0 Å². The van der Waals surface area contributed by atoms with Crippen LogP contribution in [0, 0.1) is 0 Å². The third-order valence-electron chi connectivity index (χ3n) is 0.608. The van der Waals surface area contributed by atoms with Gasteiger partial charge in [0.15, 0.2) is 0 Å². The molecule has 0 atom stereocenters. The molecule has 0 saturated carbocycles. The van der Waals surface area contributed by atoms with Crippen molar-refractivity contribution in [1.82, 2.24) is 0 Å². The van der Waals surface area contributed by atoms with E-state index in [0.29, 0.717) is 13.0 Å². The maximum absolute atomic E-state index is 9.94. The molecule has 0 aromatic heterocycles. The summed E-state index contributed by atoms with van der Waals surface area (Å²) >= 11 is 0. The summed E-state index contributed by atoms with van der Waals surface area (Å²) in [6.45, 7) is 0.390. The largest absolute Gasteiger partial charge is 1.00 e. The van der Waals surface area contributed by atoms with Crippen molar-refractivity contribution in [3.63, 3.8) is 0 Å². The van der Waals surface area contributed by atoms with E-state index in [-0.39, 0.29) is 59.4 Å². The van der Waals surface area contributed by atoms with E-state index in [2.05, 4.69) is 4.52 Å². The topological polar surface area (TPSA) is 92.8 Å². The van der Waals surface area contributed by atoms with Gasteiger partial charge >= 0.3 is 59.2 Å². The van der Waals surface area contributed by atoms with Gasteiger partial charge in [-0.1, -0.05) is 0 Å². The second-order valence-electron chi connectivity index (χ2n) is 1.47. The molecule has 0 aromatic rings. The molecule has 5 nitrogen and oxygen atoms in total. The Balaban J connectivity index is -0.000000320. The van der Waals surface area contributed by atoms with E-state index >= 15 is 0 Å². The fourth-order valence-corrected chi connectivity index (χ4v) is 0.634. The van der Waals surface area contributed by atoms with E-state index in [0.717, 1.165) is 0 Å². The van der Waals surface area contributed by atoms with Crippen LogP contribution in [0.15, 0.2) is 0 Å². The van der Waals surface area contributed by atoms with Crippen LogP contribution in [0.3, 0.4) is 0 Å². The van der Waals surface area contributed by atoms with E-state index in [1.54, 1.807) is 0 Å². The zero-order valence-electron chi connectivity index (χ0n) is 6.86. The molecule has 0 bridgehead atoms. The smallest absolute Gasteiger partial charge is 1.00 e. The third-order valence-corrected chi connectivity index (χ3v) is 1.13. The number of phosphoric ester groups is 1. The summed E-state index contributed by atoms with van der Waals surface area (Å²) in [5.41, 5.74) is 5.02. The monoisotopic (exact) mass is 195 g/mol. The average Bonchev–Trinajstić information content (AvgIpc) is 1.63. The minimum atomic E-state index is -4.25. The van der Waals surface area contributed by atoms with Crippen molar-refractivity contribution in [1.29, 1.82) is 0 Å². The SMILES string of the molecule is NCCCOP(=O)(O)O.[H-].[K+]. The maximum atomic E-state index is 9.94. The number of nitrogens with two attached hydrogens (primary N) is 1. The number of hydrogen-bond acceptors (Lipinski definition) is 3. The van der Waals surface area contributed by atoms with Gasteiger partial charge in [-0.05, 0) is 13.0 Å². The summed E-state index contributed by atoms with van der Waals surface area (Å²) in [6, 6.07) is 0. The van der Waals surface area contributed by atoms with Gasteiger partial charge in [0.25, 0.3) is 0 Å². The van der Waals surface area contributed by atoms with Crippen molar-refractivity contribution in [2.24, 2.45) is 5.73 Å². The first-order chi connectivity index (χ1) is 4.06. The van der Waals surface area contributed by atoms with Gasteiger partial charge in [0, 0.05) is 0 Å². The molecule has 0 amide bonds. The van der Waals surface area contributed by atoms with Crippen LogP contribution < -0.4 is 57.1 Å². The minimum Gasteiger partial charge on any atom is -1.00 e. The Kier molecular flexibility index (Phi) is 10.5. The molecular formula is C3H11KNO4P. The molecule has 0 aromatic carbocycles. The van der Waals surface area contributed by atoms with Crippen LogP contribution in [0.25, 0.3) is 0 Å².